The van der Waals surface area contributed by atoms with Crippen LogP contribution < -0.4 is 4.74 Å². The molecule has 1 aromatic carbocycles. The van der Waals surface area contributed by atoms with Gasteiger partial charge in [-0.1, -0.05) is 17.7 Å². The summed E-state index contributed by atoms with van der Waals surface area (Å²) >= 11 is 5.72. The van der Waals surface area contributed by atoms with Gasteiger partial charge in [-0.15, -0.1) is 0 Å². The third kappa shape index (κ3) is 1.99. The van der Waals surface area contributed by atoms with Crippen molar-refractivity contribution in [1.29, 1.82) is 0 Å². The van der Waals surface area contributed by atoms with E-state index in [9.17, 15) is 4.39 Å². The van der Waals surface area contributed by atoms with Crippen molar-refractivity contribution in [3.05, 3.63) is 47.4 Å². The van der Waals surface area contributed by atoms with Crippen LogP contribution in [0.2, 0.25) is 5.02 Å². The Hall–Kier alpha value is -1.61. The third-order valence-electron chi connectivity index (χ3n) is 2.20. The fraction of sp³-hybridized carbons (Fsp3) is 0.0833. The van der Waals surface area contributed by atoms with E-state index in [1.54, 1.807) is 24.4 Å². The van der Waals surface area contributed by atoms with Gasteiger partial charge in [0.15, 0.2) is 0 Å². The Kier molecular flexibility index (Phi) is 3.06. The lowest BCUT2D eigenvalue weighted by Gasteiger charge is -2.07. The van der Waals surface area contributed by atoms with Gasteiger partial charge in [0.2, 0.25) is 5.88 Å². The largest absolute Gasteiger partial charge is 0.481 e. The molecule has 0 bridgehead atoms. The van der Waals surface area contributed by atoms with Gasteiger partial charge in [0.25, 0.3) is 0 Å². The quantitative estimate of drug-likeness (QED) is 0.797. The van der Waals surface area contributed by atoms with Crippen LogP contribution in [0.3, 0.4) is 0 Å². The first kappa shape index (κ1) is 10.9. The molecule has 0 aliphatic heterocycles. The van der Waals surface area contributed by atoms with Crippen LogP contribution in [-0.2, 0) is 0 Å². The minimum Gasteiger partial charge on any atom is -0.481 e. The molecule has 1 heterocycles. The molecule has 16 heavy (non-hydrogen) atoms. The first-order valence-corrected chi connectivity index (χ1v) is 5.04. The Morgan fingerprint density at radius 2 is 2.12 bits per heavy atom. The van der Waals surface area contributed by atoms with Gasteiger partial charge in [-0.25, -0.2) is 9.37 Å². The van der Waals surface area contributed by atoms with Crippen LogP contribution in [0.1, 0.15) is 0 Å². The maximum Gasteiger partial charge on any atom is 0.221 e. The maximum absolute atomic E-state index is 13.0. The van der Waals surface area contributed by atoms with Gasteiger partial charge in [0.05, 0.1) is 12.1 Å². The normalized spacial score (nSPS) is 10.2. The number of nitrogens with zero attached hydrogens (tertiary/aromatic N) is 1. The summed E-state index contributed by atoms with van der Waals surface area (Å²) in [6.45, 7) is 0. The van der Waals surface area contributed by atoms with Crippen LogP contribution >= 0.6 is 11.6 Å². The standard InChI is InChI=1S/C12H9ClFNO/c1-16-12-9(3-2-6-15-12)8-4-5-11(14)10(13)7-8/h2-7H,1H3. The van der Waals surface area contributed by atoms with E-state index in [0.717, 1.165) is 11.1 Å². The Balaban J connectivity index is 2.54. The average Bonchev–Trinajstić information content (AvgIpc) is 2.32. The lowest BCUT2D eigenvalue weighted by Crippen LogP contribution is -1.91. The summed E-state index contributed by atoms with van der Waals surface area (Å²) in [6, 6.07) is 8.14. The molecule has 0 fully saturated rings. The fourth-order valence-electron chi connectivity index (χ4n) is 1.44. The number of aromatic nitrogens is 1. The van der Waals surface area contributed by atoms with Crippen molar-refractivity contribution in [2.75, 3.05) is 7.11 Å². The highest BCUT2D eigenvalue weighted by atomic mass is 35.5. The molecule has 0 amide bonds. The zero-order chi connectivity index (χ0) is 11.5. The Bertz CT molecular complexity index is 516. The van der Waals surface area contributed by atoms with Crippen molar-refractivity contribution in [2.45, 2.75) is 0 Å². The molecule has 4 heteroatoms. The number of methoxy groups -OCH3 is 1. The third-order valence-corrected chi connectivity index (χ3v) is 2.48. The topological polar surface area (TPSA) is 22.1 Å². The van der Waals surface area contributed by atoms with Crippen LogP contribution in [-0.4, -0.2) is 12.1 Å². The van der Waals surface area contributed by atoms with Crippen molar-refractivity contribution >= 4 is 11.6 Å². The minimum atomic E-state index is -0.437. The second kappa shape index (κ2) is 4.49. The van der Waals surface area contributed by atoms with Crippen molar-refractivity contribution in [1.82, 2.24) is 4.98 Å². The molecule has 0 N–H and O–H groups in total. The van der Waals surface area contributed by atoms with E-state index in [4.69, 9.17) is 16.3 Å². The van der Waals surface area contributed by atoms with Crippen LogP contribution in [0.15, 0.2) is 36.5 Å². The average molecular weight is 238 g/mol. The molecule has 0 atom stereocenters. The van der Waals surface area contributed by atoms with Gasteiger partial charge in [-0.2, -0.15) is 0 Å². The van der Waals surface area contributed by atoms with Crippen molar-refractivity contribution in [2.24, 2.45) is 0 Å². The highest BCUT2D eigenvalue weighted by molar-refractivity contribution is 6.31. The van der Waals surface area contributed by atoms with Crippen LogP contribution in [0.25, 0.3) is 11.1 Å². The predicted octanol–water partition coefficient (Wildman–Crippen LogP) is 3.55. The summed E-state index contributed by atoms with van der Waals surface area (Å²) in [4.78, 5) is 4.07. The molecule has 2 aromatic rings. The first-order chi connectivity index (χ1) is 7.72. The lowest BCUT2D eigenvalue weighted by molar-refractivity contribution is 0.399. The van der Waals surface area contributed by atoms with Crippen molar-refractivity contribution in [3.63, 3.8) is 0 Å². The number of halogens is 2. The summed E-state index contributed by atoms with van der Waals surface area (Å²) in [5.41, 5.74) is 1.56. The highest BCUT2D eigenvalue weighted by Gasteiger charge is 2.08. The summed E-state index contributed by atoms with van der Waals surface area (Å²) in [7, 11) is 1.54. The number of ether oxygens (including phenoxy) is 1. The summed E-state index contributed by atoms with van der Waals surface area (Å²) in [6.07, 6.45) is 1.63. The van der Waals surface area contributed by atoms with E-state index in [1.165, 1.54) is 13.2 Å². The van der Waals surface area contributed by atoms with Crippen molar-refractivity contribution < 1.29 is 9.13 Å². The second-order valence-electron chi connectivity index (χ2n) is 3.19. The molecule has 0 saturated heterocycles. The van der Waals surface area contributed by atoms with E-state index >= 15 is 0 Å². The monoisotopic (exact) mass is 237 g/mol. The summed E-state index contributed by atoms with van der Waals surface area (Å²) in [5.74, 6) is 0.0541. The summed E-state index contributed by atoms with van der Waals surface area (Å²) in [5, 5.41) is 0.0865. The van der Waals surface area contributed by atoms with Gasteiger partial charge in [-0.3, -0.25) is 0 Å². The SMILES string of the molecule is COc1ncccc1-c1ccc(F)c(Cl)c1. The Morgan fingerprint density at radius 3 is 2.81 bits per heavy atom. The number of pyridine rings is 1. The van der Waals surface area contributed by atoms with Crippen LogP contribution in [0.4, 0.5) is 4.39 Å². The van der Waals surface area contributed by atoms with E-state index in [-0.39, 0.29) is 5.02 Å². The molecule has 2 nitrogen and oxygen atoms in total. The van der Waals surface area contributed by atoms with E-state index in [2.05, 4.69) is 4.98 Å². The van der Waals surface area contributed by atoms with Gasteiger partial charge in [0, 0.05) is 11.8 Å². The molecule has 2 rings (SSSR count). The molecule has 0 radical (unpaired) electrons. The molecule has 0 saturated carbocycles. The molecule has 0 unspecified atom stereocenters. The van der Waals surface area contributed by atoms with Gasteiger partial charge < -0.3 is 4.74 Å². The van der Waals surface area contributed by atoms with Crippen LogP contribution in [0, 0.1) is 5.82 Å². The van der Waals surface area contributed by atoms with Gasteiger partial charge in [0.1, 0.15) is 5.82 Å². The molecule has 1 aromatic heterocycles. The van der Waals surface area contributed by atoms with E-state index in [1.807, 2.05) is 6.07 Å². The zero-order valence-corrected chi connectivity index (χ0v) is 9.33. The fourth-order valence-corrected chi connectivity index (χ4v) is 1.62. The molecule has 0 aliphatic carbocycles. The Labute approximate surface area is 97.7 Å². The molecular weight excluding hydrogens is 229 g/mol. The Morgan fingerprint density at radius 1 is 1.31 bits per heavy atom. The number of hydrogen-bond donors (Lipinski definition) is 0. The van der Waals surface area contributed by atoms with E-state index in [0.29, 0.717) is 5.88 Å². The van der Waals surface area contributed by atoms with Gasteiger partial charge >= 0.3 is 0 Å². The van der Waals surface area contributed by atoms with Crippen molar-refractivity contribution in [3.8, 4) is 17.0 Å². The maximum atomic E-state index is 13.0. The summed E-state index contributed by atoms with van der Waals surface area (Å²) < 4.78 is 18.1. The molecule has 0 spiro atoms. The minimum absolute atomic E-state index is 0.0865. The predicted molar refractivity (Wildman–Crippen MR) is 61.2 cm³/mol. The van der Waals surface area contributed by atoms with Gasteiger partial charge in [-0.05, 0) is 29.8 Å². The van der Waals surface area contributed by atoms with E-state index < -0.39 is 5.82 Å². The smallest absolute Gasteiger partial charge is 0.221 e. The molecule has 82 valence electrons. The second-order valence-corrected chi connectivity index (χ2v) is 3.60. The zero-order valence-electron chi connectivity index (χ0n) is 8.58. The lowest BCUT2D eigenvalue weighted by atomic mass is 10.1. The van der Waals surface area contributed by atoms with Crippen LogP contribution in [0.5, 0.6) is 5.88 Å². The highest BCUT2D eigenvalue weighted by Crippen LogP contribution is 2.30. The molecule has 0 aliphatic rings. The number of rotatable bonds is 2. The number of hydrogen-bond acceptors (Lipinski definition) is 2. The molecular formula is C12H9ClFNO. The first-order valence-electron chi connectivity index (χ1n) is 4.67. The number of benzene rings is 1.